The standard InChI is InChI=1S/C21H24ClN3O3S/c22-17-9-8-12-19(15-17)25(29(27,28)20-13-6-3-7-14-20)16-21(26)24-23-18-10-4-1-2-5-11-18/h3,6-10,12-15,23H,1-2,4-5,11,16H2,(H,24,26). The molecule has 1 aliphatic rings. The second-order valence-electron chi connectivity index (χ2n) is 6.81. The number of halogens is 1. The van der Waals surface area contributed by atoms with Gasteiger partial charge in [-0.15, -0.1) is 0 Å². The van der Waals surface area contributed by atoms with Gasteiger partial charge in [0.05, 0.1) is 10.6 Å². The first-order valence-corrected chi connectivity index (χ1v) is 11.4. The second kappa shape index (κ2) is 9.80. The fourth-order valence-corrected chi connectivity index (χ4v) is 4.73. The van der Waals surface area contributed by atoms with Gasteiger partial charge in [-0.25, -0.2) is 8.42 Å². The maximum atomic E-state index is 13.2. The van der Waals surface area contributed by atoms with E-state index in [0.717, 1.165) is 42.1 Å². The number of nitrogens with zero attached hydrogens (tertiary/aromatic N) is 1. The second-order valence-corrected chi connectivity index (χ2v) is 9.11. The number of rotatable bonds is 7. The van der Waals surface area contributed by atoms with Crippen LogP contribution in [0, 0.1) is 0 Å². The molecule has 0 unspecified atom stereocenters. The predicted octanol–water partition coefficient (Wildman–Crippen LogP) is 4.00. The Balaban J connectivity index is 1.80. The average Bonchev–Trinajstić information content (AvgIpc) is 3.00. The number of anilines is 1. The van der Waals surface area contributed by atoms with Crippen LogP contribution in [0.3, 0.4) is 0 Å². The molecule has 154 valence electrons. The van der Waals surface area contributed by atoms with E-state index >= 15 is 0 Å². The van der Waals surface area contributed by atoms with E-state index in [1.807, 2.05) is 0 Å². The highest BCUT2D eigenvalue weighted by atomic mass is 35.5. The summed E-state index contributed by atoms with van der Waals surface area (Å²) in [6, 6.07) is 14.5. The van der Waals surface area contributed by atoms with Crippen molar-refractivity contribution in [1.82, 2.24) is 10.9 Å². The maximum Gasteiger partial charge on any atom is 0.264 e. The molecule has 1 aliphatic carbocycles. The lowest BCUT2D eigenvalue weighted by atomic mass is 10.2. The normalized spacial score (nSPS) is 14.4. The zero-order chi connectivity index (χ0) is 20.7. The Bertz CT molecular complexity index is 978. The van der Waals surface area contributed by atoms with Crippen LogP contribution in [0.4, 0.5) is 5.69 Å². The summed E-state index contributed by atoms with van der Waals surface area (Å²) >= 11 is 6.06. The van der Waals surface area contributed by atoms with E-state index in [-0.39, 0.29) is 11.4 Å². The smallest absolute Gasteiger partial charge is 0.264 e. The number of carbonyl (C=O) groups excluding carboxylic acids is 1. The van der Waals surface area contributed by atoms with Crippen LogP contribution in [0.2, 0.25) is 5.02 Å². The summed E-state index contributed by atoms with van der Waals surface area (Å²) in [6.45, 7) is -0.377. The number of amides is 1. The summed E-state index contributed by atoms with van der Waals surface area (Å²) in [6.07, 6.45) is 7.26. The molecule has 0 spiro atoms. The minimum atomic E-state index is -3.94. The Kier molecular flexibility index (Phi) is 7.17. The van der Waals surface area contributed by atoms with Crippen LogP contribution in [-0.2, 0) is 14.8 Å². The number of hydrogen-bond donors (Lipinski definition) is 2. The van der Waals surface area contributed by atoms with Gasteiger partial charge in [0, 0.05) is 10.7 Å². The molecule has 29 heavy (non-hydrogen) atoms. The third kappa shape index (κ3) is 5.74. The lowest BCUT2D eigenvalue weighted by Gasteiger charge is -2.24. The number of nitrogens with one attached hydrogen (secondary N) is 2. The Morgan fingerprint density at radius 1 is 1.03 bits per heavy atom. The number of benzene rings is 2. The van der Waals surface area contributed by atoms with E-state index in [9.17, 15) is 13.2 Å². The molecule has 2 aromatic carbocycles. The van der Waals surface area contributed by atoms with Crippen molar-refractivity contribution in [2.75, 3.05) is 10.8 Å². The Labute approximate surface area is 176 Å². The topological polar surface area (TPSA) is 78.5 Å². The molecule has 1 amide bonds. The quantitative estimate of drug-likeness (QED) is 0.647. The Hall–Kier alpha value is -2.51. The highest BCUT2D eigenvalue weighted by Gasteiger charge is 2.27. The number of carbonyl (C=O) groups is 1. The monoisotopic (exact) mass is 433 g/mol. The first-order chi connectivity index (χ1) is 14.0. The van der Waals surface area contributed by atoms with Crippen LogP contribution >= 0.6 is 11.6 Å². The fraction of sp³-hybridized carbons (Fsp3) is 0.286. The molecule has 0 atom stereocenters. The van der Waals surface area contributed by atoms with E-state index < -0.39 is 15.9 Å². The maximum absolute atomic E-state index is 13.2. The number of hydrogen-bond acceptors (Lipinski definition) is 4. The van der Waals surface area contributed by atoms with Crippen molar-refractivity contribution in [2.24, 2.45) is 0 Å². The van der Waals surface area contributed by atoms with Gasteiger partial charge in [0.25, 0.3) is 15.9 Å². The Morgan fingerprint density at radius 3 is 2.59 bits per heavy atom. The molecule has 0 saturated carbocycles. The third-order valence-electron chi connectivity index (χ3n) is 4.62. The lowest BCUT2D eigenvalue weighted by molar-refractivity contribution is -0.120. The summed E-state index contributed by atoms with van der Waals surface area (Å²) in [5, 5.41) is 0.387. The molecule has 6 nitrogen and oxygen atoms in total. The van der Waals surface area contributed by atoms with E-state index in [4.69, 9.17) is 11.6 Å². The van der Waals surface area contributed by atoms with Gasteiger partial charge in [0.2, 0.25) is 0 Å². The van der Waals surface area contributed by atoms with E-state index in [0.29, 0.717) is 10.7 Å². The molecule has 0 aliphatic heterocycles. The molecule has 2 N–H and O–H groups in total. The molecule has 0 aromatic heterocycles. The molecule has 8 heteroatoms. The Morgan fingerprint density at radius 2 is 1.83 bits per heavy atom. The molecule has 0 fully saturated rings. The van der Waals surface area contributed by atoms with E-state index in [1.54, 1.807) is 36.4 Å². The van der Waals surface area contributed by atoms with Gasteiger partial charge < -0.3 is 5.43 Å². The van der Waals surface area contributed by atoms with Crippen molar-refractivity contribution >= 4 is 33.2 Å². The molecule has 2 aromatic rings. The van der Waals surface area contributed by atoms with E-state index in [2.05, 4.69) is 16.9 Å². The molecule has 0 bridgehead atoms. The first kappa shape index (κ1) is 21.2. The van der Waals surface area contributed by atoms with Crippen molar-refractivity contribution in [2.45, 2.75) is 37.0 Å². The van der Waals surface area contributed by atoms with E-state index in [1.165, 1.54) is 18.2 Å². The summed E-state index contributed by atoms with van der Waals surface area (Å²) < 4.78 is 27.5. The summed E-state index contributed by atoms with van der Waals surface area (Å²) in [5.74, 6) is -0.463. The van der Waals surface area contributed by atoms with Gasteiger partial charge in [-0.1, -0.05) is 48.4 Å². The van der Waals surface area contributed by atoms with Crippen LogP contribution in [0.5, 0.6) is 0 Å². The highest BCUT2D eigenvalue weighted by molar-refractivity contribution is 7.92. The van der Waals surface area contributed by atoms with Crippen LogP contribution < -0.4 is 15.2 Å². The minimum Gasteiger partial charge on any atom is -0.303 e. The molecular weight excluding hydrogens is 410 g/mol. The molecular formula is C21H24ClN3O3S. The number of allylic oxidation sites excluding steroid dienone is 2. The molecule has 0 heterocycles. The largest absolute Gasteiger partial charge is 0.303 e. The van der Waals surface area contributed by atoms with Crippen molar-refractivity contribution in [3.8, 4) is 0 Å². The van der Waals surface area contributed by atoms with Crippen LogP contribution in [0.1, 0.15) is 32.1 Å². The summed E-state index contributed by atoms with van der Waals surface area (Å²) in [4.78, 5) is 12.7. The predicted molar refractivity (Wildman–Crippen MR) is 115 cm³/mol. The molecule has 0 saturated heterocycles. The zero-order valence-corrected chi connectivity index (χ0v) is 17.5. The van der Waals surface area contributed by atoms with Crippen LogP contribution in [0.25, 0.3) is 0 Å². The van der Waals surface area contributed by atoms with Gasteiger partial charge >= 0.3 is 0 Å². The van der Waals surface area contributed by atoms with Crippen molar-refractivity contribution < 1.29 is 13.2 Å². The number of sulfonamides is 1. The van der Waals surface area contributed by atoms with Crippen molar-refractivity contribution in [3.05, 3.63) is 71.4 Å². The average molecular weight is 434 g/mol. The van der Waals surface area contributed by atoms with Crippen LogP contribution in [0.15, 0.2) is 71.3 Å². The van der Waals surface area contributed by atoms with Gasteiger partial charge in [-0.2, -0.15) is 0 Å². The van der Waals surface area contributed by atoms with Gasteiger partial charge in [-0.3, -0.25) is 14.5 Å². The summed E-state index contributed by atoms with van der Waals surface area (Å²) in [7, 11) is -3.94. The van der Waals surface area contributed by atoms with Gasteiger partial charge in [-0.05, 0) is 56.0 Å². The van der Waals surface area contributed by atoms with Gasteiger partial charge in [0.1, 0.15) is 6.54 Å². The van der Waals surface area contributed by atoms with Crippen LogP contribution in [-0.4, -0.2) is 20.9 Å². The first-order valence-electron chi connectivity index (χ1n) is 9.54. The molecule has 0 radical (unpaired) electrons. The van der Waals surface area contributed by atoms with Gasteiger partial charge in [0.15, 0.2) is 0 Å². The SMILES string of the molecule is O=C(CN(c1cccc(Cl)c1)S(=O)(=O)c1ccccc1)NNC1=CCCCCC1. The fourth-order valence-electron chi connectivity index (χ4n) is 3.11. The zero-order valence-electron chi connectivity index (χ0n) is 16.0. The minimum absolute atomic E-state index is 0.104. The van der Waals surface area contributed by atoms with Crippen molar-refractivity contribution in [3.63, 3.8) is 0 Å². The lowest BCUT2D eigenvalue weighted by Crippen LogP contribution is -2.45. The molecule has 3 rings (SSSR count). The highest BCUT2D eigenvalue weighted by Crippen LogP contribution is 2.26. The van der Waals surface area contributed by atoms with Crippen molar-refractivity contribution in [1.29, 1.82) is 0 Å². The summed E-state index contributed by atoms with van der Waals surface area (Å²) in [5.41, 5.74) is 6.84. The number of hydrazine groups is 1. The third-order valence-corrected chi connectivity index (χ3v) is 6.64.